The van der Waals surface area contributed by atoms with Crippen LogP contribution in [0.15, 0.2) is 90.1 Å². The number of rotatable bonds is 13. The average molecular weight is 725 g/mol. The zero-order valence-electron chi connectivity index (χ0n) is 28.8. The molecule has 264 valence electrons. The van der Waals surface area contributed by atoms with Gasteiger partial charge in [-0.05, 0) is 102 Å². The number of aromatic nitrogens is 2. The molecule has 1 atom stereocenters. The van der Waals surface area contributed by atoms with E-state index in [4.69, 9.17) is 9.47 Å². The van der Waals surface area contributed by atoms with Crippen LogP contribution < -0.4 is 20.1 Å². The Hall–Kier alpha value is -4.94. The summed E-state index contributed by atoms with van der Waals surface area (Å²) in [5, 5.41) is 3.65. The molecule has 0 radical (unpaired) electrons. The highest BCUT2D eigenvalue weighted by molar-refractivity contribution is 8.18. The number of allylic oxidation sites excluding steroid dienone is 1. The molecule has 10 nitrogen and oxygen atoms in total. The largest absolute Gasteiger partial charge is 0.493 e. The van der Waals surface area contributed by atoms with Crippen LogP contribution in [0.2, 0.25) is 0 Å². The molecule has 2 aromatic carbocycles. The van der Waals surface area contributed by atoms with Crippen molar-refractivity contribution >= 4 is 51.4 Å². The van der Waals surface area contributed by atoms with E-state index in [0.717, 1.165) is 88.8 Å². The molecule has 4 aromatic rings. The predicted octanol–water partition coefficient (Wildman–Crippen LogP) is 7.14. The Morgan fingerprint density at radius 3 is 1.65 bits per heavy atom. The number of amides is 4. The van der Waals surface area contributed by atoms with Gasteiger partial charge in [-0.25, -0.2) is 0 Å². The first kappa shape index (κ1) is 37.3. The number of carbonyl (C=O) groups is 4. The van der Waals surface area contributed by atoms with E-state index in [1.807, 2.05) is 80.0 Å². The van der Waals surface area contributed by atoms with Crippen LogP contribution in [0.4, 0.5) is 9.59 Å². The topological polar surface area (TPSA) is 137 Å². The van der Waals surface area contributed by atoms with Crippen molar-refractivity contribution in [1.29, 1.82) is 0 Å². The third-order valence-electron chi connectivity index (χ3n) is 8.20. The number of benzene rings is 2. The molecule has 12 heteroatoms. The van der Waals surface area contributed by atoms with E-state index in [2.05, 4.69) is 46.6 Å². The van der Waals surface area contributed by atoms with Crippen molar-refractivity contribution in [2.24, 2.45) is 0 Å². The van der Waals surface area contributed by atoms with E-state index in [1.165, 1.54) is 11.1 Å². The number of pyridine rings is 2. The van der Waals surface area contributed by atoms with E-state index >= 15 is 0 Å². The van der Waals surface area contributed by atoms with Crippen molar-refractivity contribution in [1.82, 2.24) is 20.6 Å². The highest BCUT2D eigenvalue weighted by Crippen LogP contribution is 2.32. The minimum Gasteiger partial charge on any atom is -0.493 e. The van der Waals surface area contributed by atoms with Gasteiger partial charge in [0.25, 0.3) is 16.4 Å². The van der Waals surface area contributed by atoms with Crippen molar-refractivity contribution in [3.05, 3.63) is 124 Å². The first-order valence-electron chi connectivity index (χ1n) is 16.8. The van der Waals surface area contributed by atoms with Crippen molar-refractivity contribution < 1.29 is 28.7 Å². The van der Waals surface area contributed by atoms with E-state index in [0.29, 0.717) is 24.5 Å². The molecule has 6 rings (SSSR count). The smallest absolute Gasteiger partial charge is 0.290 e. The maximum absolute atomic E-state index is 11.7. The number of hydrogen-bond acceptors (Lipinski definition) is 10. The summed E-state index contributed by atoms with van der Waals surface area (Å²) < 4.78 is 11.5. The normalized spacial score (nSPS) is 16.3. The molecule has 0 bridgehead atoms. The SMILES string of the molecule is CCc1ccc(CCOc2ccc(/C(C)=C3\SC(=O)NC3=O)cc2)nc1.CCc1ccc(CCOc2ccc(CC3SC(=O)NC3=O)cc2)nc1. The first-order valence-corrected chi connectivity index (χ1v) is 18.5. The van der Waals surface area contributed by atoms with Gasteiger partial charge in [0.15, 0.2) is 0 Å². The lowest BCUT2D eigenvalue weighted by Gasteiger charge is -2.09. The number of hydrogen-bond donors (Lipinski definition) is 2. The summed E-state index contributed by atoms with van der Waals surface area (Å²) in [6, 6.07) is 23.4. The lowest BCUT2D eigenvalue weighted by Crippen LogP contribution is -2.25. The van der Waals surface area contributed by atoms with Gasteiger partial charge < -0.3 is 9.47 Å². The van der Waals surface area contributed by atoms with E-state index in [9.17, 15) is 19.2 Å². The summed E-state index contributed by atoms with van der Waals surface area (Å²) in [5.41, 5.74) is 7.16. The maximum Gasteiger partial charge on any atom is 0.290 e. The number of thioether (sulfide) groups is 2. The predicted molar refractivity (Wildman–Crippen MR) is 201 cm³/mol. The van der Waals surface area contributed by atoms with Gasteiger partial charge in [-0.3, -0.25) is 39.8 Å². The monoisotopic (exact) mass is 724 g/mol. The fourth-order valence-corrected chi connectivity index (χ4v) is 6.73. The molecular formula is C39H40N4O6S2. The van der Waals surface area contributed by atoms with Crippen molar-refractivity contribution in [3.63, 3.8) is 0 Å². The molecule has 2 fully saturated rings. The number of nitrogens with one attached hydrogen (secondary N) is 2. The molecular weight excluding hydrogens is 685 g/mol. The summed E-state index contributed by atoms with van der Waals surface area (Å²) in [7, 11) is 0. The molecule has 0 spiro atoms. The Bertz CT molecular complexity index is 1860. The summed E-state index contributed by atoms with van der Waals surface area (Å²) in [6.07, 6.45) is 7.83. The second-order valence-corrected chi connectivity index (χ2v) is 13.9. The van der Waals surface area contributed by atoms with Gasteiger partial charge in [0.05, 0.1) is 23.4 Å². The van der Waals surface area contributed by atoms with Crippen molar-refractivity contribution in [2.75, 3.05) is 13.2 Å². The van der Waals surface area contributed by atoms with Gasteiger partial charge in [0.2, 0.25) is 5.91 Å². The van der Waals surface area contributed by atoms with Crippen LogP contribution in [0, 0.1) is 0 Å². The second-order valence-electron chi connectivity index (χ2n) is 11.8. The summed E-state index contributed by atoms with van der Waals surface area (Å²) in [5.74, 6) is 1.00. The molecule has 1 unspecified atom stereocenters. The number of carbonyl (C=O) groups excluding carboxylic acids is 4. The zero-order chi connectivity index (χ0) is 36.2. The minimum atomic E-state index is -0.337. The van der Waals surface area contributed by atoms with Crippen LogP contribution in [-0.4, -0.2) is 50.7 Å². The van der Waals surface area contributed by atoms with E-state index < -0.39 is 0 Å². The lowest BCUT2D eigenvalue weighted by molar-refractivity contribution is -0.119. The average Bonchev–Trinajstić information content (AvgIpc) is 3.66. The van der Waals surface area contributed by atoms with Crippen LogP contribution in [0.3, 0.4) is 0 Å². The molecule has 0 saturated carbocycles. The first-order chi connectivity index (χ1) is 24.7. The molecule has 0 aliphatic carbocycles. The van der Waals surface area contributed by atoms with Gasteiger partial charge in [0.1, 0.15) is 11.5 Å². The number of nitrogens with zero attached hydrogens (tertiary/aromatic N) is 2. The fraction of sp³-hybridized carbons (Fsp3) is 0.282. The van der Waals surface area contributed by atoms with Crippen LogP contribution in [-0.2, 0) is 41.7 Å². The Balaban J connectivity index is 0.000000198. The molecule has 2 aromatic heterocycles. The van der Waals surface area contributed by atoms with Crippen LogP contribution in [0.25, 0.3) is 5.57 Å². The zero-order valence-corrected chi connectivity index (χ0v) is 30.4. The highest BCUT2D eigenvalue weighted by atomic mass is 32.2. The standard InChI is InChI=1S/C20H20N2O3S.C19H20N2O3S/c1-3-14-4-7-16(21-12-14)10-11-25-17-8-5-15(6-9-17)13(2)18-19(23)22-20(24)26-18;1-2-13-3-6-15(20-12-13)9-10-24-16-7-4-14(5-8-16)11-17-18(22)21-19(23)25-17/h4-9,12H,3,10-11H2,1-2H3,(H,22,23,24);3-8,12,17H,2,9-11H2,1H3,(H,21,22,23)/b18-13-;. The van der Waals surface area contributed by atoms with Crippen molar-refractivity contribution in [3.8, 4) is 11.5 Å². The third kappa shape index (κ3) is 11.0. The quantitative estimate of drug-likeness (QED) is 0.137. The number of ether oxygens (including phenoxy) is 2. The molecule has 2 N–H and O–H groups in total. The van der Waals surface area contributed by atoms with Gasteiger partial charge in [-0.15, -0.1) is 0 Å². The summed E-state index contributed by atoms with van der Waals surface area (Å²) in [6.45, 7) is 7.16. The van der Waals surface area contributed by atoms with Crippen LogP contribution in [0.1, 0.15) is 54.4 Å². The molecule has 2 aliphatic heterocycles. The minimum absolute atomic E-state index is 0.211. The second kappa shape index (κ2) is 18.3. The third-order valence-corrected chi connectivity index (χ3v) is 10.2. The lowest BCUT2D eigenvalue weighted by atomic mass is 10.1. The fourth-order valence-electron chi connectivity index (χ4n) is 5.13. The molecule has 4 amide bonds. The molecule has 2 saturated heterocycles. The van der Waals surface area contributed by atoms with Gasteiger partial charge in [-0.2, -0.15) is 0 Å². The molecule has 4 heterocycles. The van der Waals surface area contributed by atoms with E-state index in [-0.39, 0.29) is 27.5 Å². The Morgan fingerprint density at radius 2 is 1.22 bits per heavy atom. The van der Waals surface area contributed by atoms with Crippen molar-refractivity contribution in [2.45, 2.75) is 58.1 Å². The maximum atomic E-state index is 11.7. The van der Waals surface area contributed by atoms with Crippen LogP contribution in [0.5, 0.6) is 11.5 Å². The van der Waals surface area contributed by atoms with Gasteiger partial charge in [-0.1, -0.05) is 62.0 Å². The summed E-state index contributed by atoms with van der Waals surface area (Å²) >= 11 is 1.99. The van der Waals surface area contributed by atoms with Gasteiger partial charge in [0, 0.05) is 36.6 Å². The van der Waals surface area contributed by atoms with E-state index in [1.54, 1.807) is 0 Å². The highest BCUT2D eigenvalue weighted by Gasteiger charge is 2.31. The Morgan fingerprint density at radius 1 is 0.686 bits per heavy atom. The number of aryl methyl sites for hydroxylation is 2. The van der Waals surface area contributed by atoms with Gasteiger partial charge >= 0.3 is 0 Å². The Kier molecular flexibility index (Phi) is 13.4. The Labute approximate surface area is 306 Å². The van der Waals surface area contributed by atoms with Crippen LogP contribution >= 0.6 is 23.5 Å². The molecule has 51 heavy (non-hydrogen) atoms. The molecule has 2 aliphatic rings. The summed E-state index contributed by atoms with van der Waals surface area (Å²) in [4.78, 5) is 55.1. The number of imide groups is 2.